The molecule has 0 spiro atoms. The number of rotatable bonds is 3. The summed E-state index contributed by atoms with van der Waals surface area (Å²) in [5.41, 5.74) is 1.89. The van der Waals surface area contributed by atoms with Crippen LogP contribution >= 0.6 is 35.0 Å². The molecule has 2 aromatic carbocycles. The third-order valence-corrected chi connectivity index (χ3v) is 5.90. The van der Waals surface area contributed by atoms with Gasteiger partial charge in [0.15, 0.2) is 11.6 Å². The van der Waals surface area contributed by atoms with E-state index in [2.05, 4.69) is 10.2 Å². The average Bonchev–Trinajstić information content (AvgIpc) is 3.11. The minimum atomic E-state index is -0.287. The summed E-state index contributed by atoms with van der Waals surface area (Å²) in [5.74, 6) is 0.00666. The van der Waals surface area contributed by atoms with Crippen molar-refractivity contribution in [2.24, 2.45) is 0 Å². The second-order valence-corrected chi connectivity index (χ2v) is 8.15. The van der Waals surface area contributed by atoms with E-state index in [4.69, 9.17) is 23.2 Å². The van der Waals surface area contributed by atoms with Crippen LogP contribution in [0.3, 0.4) is 0 Å². The predicted molar refractivity (Wildman–Crippen MR) is 114 cm³/mol. The van der Waals surface area contributed by atoms with Crippen molar-refractivity contribution in [3.8, 4) is 11.4 Å². The van der Waals surface area contributed by atoms with E-state index in [0.29, 0.717) is 37.2 Å². The summed E-state index contributed by atoms with van der Waals surface area (Å²) in [6, 6.07) is 14.1. The highest BCUT2D eigenvalue weighted by Gasteiger charge is 2.35. The van der Waals surface area contributed by atoms with Gasteiger partial charge in [0.25, 0.3) is 0 Å². The van der Waals surface area contributed by atoms with Crippen LogP contribution in [0.1, 0.15) is 19.4 Å². The van der Waals surface area contributed by atoms with Crippen LogP contribution in [0.15, 0.2) is 58.6 Å². The van der Waals surface area contributed by atoms with Crippen molar-refractivity contribution >= 4 is 52.4 Å². The van der Waals surface area contributed by atoms with Crippen molar-refractivity contribution < 1.29 is 9.59 Å². The van der Waals surface area contributed by atoms with E-state index in [-0.39, 0.29) is 11.7 Å². The number of nitrogens with zero attached hydrogens (tertiary/aromatic N) is 4. The number of carbonyl (C=O) groups is 2. The Morgan fingerprint density at radius 3 is 1.93 bits per heavy atom. The van der Waals surface area contributed by atoms with Gasteiger partial charge in [0, 0.05) is 28.1 Å². The number of benzene rings is 2. The fourth-order valence-corrected chi connectivity index (χ4v) is 4.24. The normalized spacial score (nSPS) is 13.4. The lowest BCUT2D eigenvalue weighted by Crippen LogP contribution is -2.41. The van der Waals surface area contributed by atoms with E-state index in [1.165, 1.54) is 30.6 Å². The topological polar surface area (TPSA) is 68.1 Å². The number of halogens is 2. The number of aromatic nitrogens is 3. The molecule has 0 fully saturated rings. The zero-order valence-corrected chi connectivity index (χ0v) is 17.7. The highest BCUT2D eigenvalue weighted by molar-refractivity contribution is 8.04. The van der Waals surface area contributed by atoms with Crippen LogP contribution in [0.5, 0.6) is 0 Å². The molecule has 0 bridgehead atoms. The van der Waals surface area contributed by atoms with E-state index < -0.39 is 0 Å². The number of hydrogen-bond acceptors (Lipinski definition) is 5. The van der Waals surface area contributed by atoms with Gasteiger partial charge < -0.3 is 0 Å². The summed E-state index contributed by atoms with van der Waals surface area (Å²) >= 11 is 13.2. The first-order chi connectivity index (χ1) is 13.9. The third kappa shape index (κ3) is 3.57. The Hall–Kier alpha value is -2.61. The van der Waals surface area contributed by atoms with Crippen LogP contribution in [0.2, 0.25) is 10.0 Å². The number of ketones is 1. The summed E-state index contributed by atoms with van der Waals surface area (Å²) in [6.07, 6.45) is 0. The van der Waals surface area contributed by atoms with Crippen LogP contribution in [0.4, 0.5) is 0 Å². The first-order valence-corrected chi connectivity index (χ1v) is 10.2. The number of carbonyl (C=O) groups excluding carboxylic acids is 2. The molecule has 1 aromatic heterocycles. The van der Waals surface area contributed by atoms with Gasteiger partial charge in [-0.1, -0.05) is 35.3 Å². The molecule has 1 amide bonds. The van der Waals surface area contributed by atoms with E-state index in [9.17, 15) is 9.59 Å². The first-order valence-electron chi connectivity index (χ1n) is 8.58. The minimum Gasteiger partial charge on any atom is -0.294 e. The second kappa shape index (κ2) is 7.67. The summed E-state index contributed by atoms with van der Waals surface area (Å²) in [4.78, 5) is 25.6. The lowest BCUT2D eigenvalue weighted by Gasteiger charge is -2.32. The van der Waals surface area contributed by atoms with E-state index >= 15 is 0 Å². The molecule has 4 rings (SSSR count). The molecule has 0 unspecified atom stereocenters. The van der Waals surface area contributed by atoms with E-state index in [0.717, 1.165) is 5.56 Å². The van der Waals surface area contributed by atoms with E-state index in [1.54, 1.807) is 53.2 Å². The number of Topliss-reactive ketones (excluding diaryl/α,β-unsaturated/α-hetero) is 1. The van der Waals surface area contributed by atoms with Crippen molar-refractivity contribution in [3.05, 3.63) is 69.0 Å². The molecule has 0 radical (unpaired) electrons. The van der Waals surface area contributed by atoms with Gasteiger partial charge in [0.2, 0.25) is 11.1 Å². The van der Waals surface area contributed by atoms with Gasteiger partial charge in [-0.05, 0) is 55.1 Å². The molecule has 9 heteroatoms. The lowest BCUT2D eigenvalue weighted by molar-refractivity contribution is -0.117. The third-order valence-electron chi connectivity index (χ3n) is 4.27. The molecular weight excluding hydrogens is 431 g/mol. The van der Waals surface area contributed by atoms with Gasteiger partial charge in [-0.3, -0.25) is 9.59 Å². The van der Waals surface area contributed by atoms with Crippen molar-refractivity contribution in [3.63, 3.8) is 0 Å². The summed E-state index contributed by atoms with van der Waals surface area (Å²) in [7, 11) is 0. The van der Waals surface area contributed by atoms with Crippen LogP contribution in [-0.4, -0.2) is 26.6 Å². The summed E-state index contributed by atoms with van der Waals surface area (Å²) in [5, 5.41) is 11.5. The quantitative estimate of drug-likeness (QED) is 0.580. The zero-order chi connectivity index (χ0) is 20.7. The number of thioether (sulfide) groups is 1. The lowest BCUT2D eigenvalue weighted by atomic mass is 10.1. The van der Waals surface area contributed by atoms with Crippen LogP contribution < -0.4 is 5.01 Å². The Bertz CT molecular complexity index is 1150. The Kier molecular flexibility index (Phi) is 5.21. The Morgan fingerprint density at radius 1 is 0.862 bits per heavy atom. The molecule has 6 nitrogen and oxygen atoms in total. The molecule has 1 aliphatic heterocycles. The Balaban J connectivity index is 1.95. The molecule has 0 atom stereocenters. The molecule has 0 saturated carbocycles. The number of amides is 1. The van der Waals surface area contributed by atoms with Gasteiger partial charge in [0.1, 0.15) is 0 Å². The largest absolute Gasteiger partial charge is 0.294 e. The Morgan fingerprint density at radius 2 is 1.41 bits per heavy atom. The maximum atomic E-state index is 12.8. The number of hydrogen-bond donors (Lipinski definition) is 0. The molecular formula is C20H14Cl2N4O2S. The molecule has 1 aliphatic rings. The first kappa shape index (κ1) is 19.7. The predicted octanol–water partition coefficient (Wildman–Crippen LogP) is 4.80. The fourth-order valence-electron chi connectivity index (χ4n) is 3.02. The standard InChI is InChI=1S/C20H14Cl2N4O2S/c1-11(27)18-17(13-3-7-15(21)8-4-13)25(12(2)28)26-19(23-24-20(26)29-18)14-5-9-16(22)10-6-14/h3-10H,1-2H3. The average molecular weight is 445 g/mol. The molecule has 2 heterocycles. The van der Waals surface area contributed by atoms with Gasteiger partial charge in [-0.25, -0.2) is 5.01 Å². The fraction of sp³-hybridized carbons (Fsp3) is 0.100. The summed E-state index contributed by atoms with van der Waals surface area (Å²) < 4.78 is 1.62. The van der Waals surface area contributed by atoms with Crippen molar-refractivity contribution in [2.75, 3.05) is 5.01 Å². The zero-order valence-electron chi connectivity index (χ0n) is 15.4. The van der Waals surface area contributed by atoms with Crippen LogP contribution in [0, 0.1) is 0 Å². The van der Waals surface area contributed by atoms with Crippen molar-refractivity contribution in [1.82, 2.24) is 14.9 Å². The van der Waals surface area contributed by atoms with Crippen molar-refractivity contribution in [2.45, 2.75) is 19.0 Å². The molecule has 29 heavy (non-hydrogen) atoms. The molecule has 146 valence electrons. The van der Waals surface area contributed by atoms with Crippen LogP contribution in [0.25, 0.3) is 17.1 Å². The smallest absolute Gasteiger partial charge is 0.243 e. The maximum Gasteiger partial charge on any atom is 0.243 e. The van der Waals surface area contributed by atoms with Gasteiger partial charge in [-0.2, -0.15) is 4.68 Å². The van der Waals surface area contributed by atoms with Crippen LogP contribution in [-0.2, 0) is 9.59 Å². The number of fused-ring (bicyclic) bond motifs is 1. The Labute approximate surface area is 181 Å². The van der Waals surface area contributed by atoms with Crippen molar-refractivity contribution in [1.29, 1.82) is 0 Å². The highest BCUT2D eigenvalue weighted by Crippen LogP contribution is 2.41. The molecule has 0 aliphatic carbocycles. The van der Waals surface area contributed by atoms with E-state index in [1.807, 2.05) is 0 Å². The van der Waals surface area contributed by atoms with Gasteiger partial charge >= 0.3 is 0 Å². The van der Waals surface area contributed by atoms with Gasteiger partial charge in [0.05, 0.1) is 10.6 Å². The minimum absolute atomic E-state index is 0.173. The van der Waals surface area contributed by atoms with Gasteiger partial charge in [-0.15, -0.1) is 10.2 Å². The monoisotopic (exact) mass is 444 g/mol. The highest BCUT2D eigenvalue weighted by atomic mass is 35.5. The molecule has 0 N–H and O–H groups in total. The second-order valence-electron chi connectivity index (χ2n) is 6.30. The summed E-state index contributed by atoms with van der Waals surface area (Å²) in [6.45, 7) is 2.89. The number of allylic oxidation sites excluding steroid dienone is 1. The SMILES string of the molecule is CC(=O)C1=C(c2ccc(Cl)cc2)N(C(C)=O)n2c(nnc2-c2ccc(Cl)cc2)S1. The molecule has 0 saturated heterocycles. The maximum absolute atomic E-state index is 12.8. The molecule has 3 aromatic rings.